The van der Waals surface area contributed by atoms with Crippen LogP contribution in [0.15, 0.2) is 47.5 Å². The second-order valence-electron chi connectivity index (χ2n) is 8.79. The van der Waals surface area contributed by atoms with Crippen LogP contribution >= 0.6 is 11.8 Å². The third-order valence-electron chi connectivity index (χ3n) is 6.11. The van der Waals surface area contributed by atoms with E-state index in [1.165, 1.54) is 11.8 Å². The van der Waals surface area contributed by atoms with E-state index in [1.54, 1.807) is 37.3 Å². The smallest absolute Gasteiger partial charge is 0.247 e. The molecule has 0 saturated heterocycles. The van der Waals surface area contributed by atoms with Crippen LogP contribution in [0.3, 0.4) is 0 Å². The van der Waals surface area contributed by atoms with Gasteiger partial charge in [0.1, 0.15) is 17.5 Å². The average Bonchev–Trinajstić information content (AvgIpc) is 3.00. The Hall–Kier alpha value is -3.13. The van der Waals surface area contributed by atoms with E-state index in [4.69, 9.17) is 9.47 Å². The Kier molecular flexibility index (Phi) is 7.07. The number of nitrogens with one attached hydrogen (secondary N) is 1. The van der Waals surface area contributed by atoms with Gasteiger partial charge in [-0.05, 0) is 18.4 Å². The molecule has 1 aliphatic rings. The first kappa shape index (κ1) is 24.0. The van der Waals surface area contributed by atoms with Crippen molar-refractivity contribution in [2.24, 2.45) is 13.0 Å². The molecular formula is C26H31N3O4S. The lowest BCUT2D eigenvalue weighted by molar-refractivity contribution is -0.125. The van der Waals surface area contributed by atoms with Gasteiger partial charge < -0.3 is 19.4 Å². The molecule has 0 fully saturated rings. The van der Waals surface area contributed by atoms with Crippen LogP contribution in [0.5, 0.6) is 11.5 Å². The number of nitrogens with zero attached hydrogens (tertiary/aromatic N) is 2. The quantitative estimate of drug-likeness (QED) is 0.537. The lowest BCUT2D eigenvalue weighted by Gasteiger charge is -2.30. The first-order valence-electron chi connectivity index (χ1n) is 11.4. The predicted octanol–water partition coefficient (Wildman–Crippen LogP) is 4.54. The molecule has 34 heavy (non-hydrogen) atoms. The van der Waals surface area contributed by atoms with Gasteiger partial charge in [-0.15, -0.1) is 0 Å². The van der Waals surface area contributed by atoms with Gasteiger partial charge in [0.05, 0.1) is 30.7 Å². The van der Waals surface area contributed by atoms with Crippen molar-refractivity contribution in [3.05, 3.63) is 48.0 Å². The van der Waals surface area contributed by atoms with Crippen molar-refractivity contribution in [3.8, 4) is 11.5 Å². The molecule has 7 nitrogen and oxygen atoms in total. The molecule has 8 heteroatoms. The van der Waals surface area contributed by atoms with Gasteiger partial charge in [-0.1, -0.05) is 43.8 Å². The largest absolute Gasteiger partial charge is 0.497 e. The fraction of sp³-hybridized carbons (Fsp3) is 0.385. The first-order chi connectivity index (χ1) is 16.3. The number of thioether (sulfide) groups is 1. The summed E-state index contributed by atoms with van der Waals surface area (Å²) in [5.74, 6) is 1.43. The minimum Gasteiger partial charge on any atom is -0.497 e. The maximum Gasteiger partial charge on any atom is 0.247 e. The molecule has 0 spiro atoms. The molecule has 1 aliphatic heterocycles. The van der Waals surface area contributed by atoms with Crippen LogP contribution in [0.2, 0.25) is 0 Å². The molecule has 1 aromatic heterocycles. The van der Waals surface area contributed by atoms with Gasteiger partial charge >= 0.3 is 0 Å². The monoisotopic (exact) mass is 481 g/mol. The lowest BCUT2D eigenvalue weighted by atomic mass is 10.0. The highest BCUT2D eigenvalue weighted by molar-refractivity contribution is 8.00. The van der Waals surface area contributed by atoms with Crippen molar-refractivity contribution in [1.29, 1.82) is 0 Å². The van der Waals surface area contributed by atoms with E-state index < -0.39 is 6.04 Å². The van der Waals surface area contributed by atoms with Gasteiger partial charge in [-0.25, -0.2) is 0 Å². The van der Waals surface area contributed by atoms with E-state index in [9.17, 15) is 9.59 Å². The zero-order chi connectivity index (χ0) is 24.4. The molecule has 0 bridgehead atoms. The molecule has 2 aromatic carbocycles. The molecule has 3 aromatic rings. The van der Waals surface area contributed by atoms with Gasteiger partial charge in [0.2, 0.25) is 11.8 Å². The fourth-order valence-electron chi connectivity index (χ4n) is 4.36. The third-order valence-corrected chi connectivity index (χ3v) is 7.27. The lowest BCUT2D eigenvalue weighted by Crippen LogP contribution is -2.44. The zero-order valence-corrected chi connectivity index (χ0v) is 21.1. The van der Waals surface area contributed by atoms with E-state index in [1.807, 2.05) is 31.3 Å². The molecule has 0 aliphatic carbocycles. The van der Waals surface area contributed by atoms with Crippen LogP contribution in [0.25, 0.3) is 10.9 Å². The second kappa shape index (κ2) is 10.0. The van der Waals surface area contributed by atoms with Crippen LogP contribution < -0.4 is 19.7 Å². The van der Waals surface area contributed by atoms with Crippen molar-refractivity contribution in [2.45, 2.75) is 31.3 Å². The maximum absolute atomic E-state index is 13.8. The van der Waals surface area contributed by atoms with Crippen molar-refractivity contribution >= 4 is 40.2 Å². The number of hydrogen-bond donors (Lipinski definition) is 1. The summed E-state index contributed by atoms with van der Waals surface area (Å²) >= 11 is 1.47. The van der Waals surface area contributed by atoms with Crippen LogP contribution in [0.4, 0.5) is 5.69 Å². The van der Waals surface area contributed by atoms with Crippen molar-refractivity contribution in [2.75, 3.05) is 31.4 Å². The molecule has 0 saturated carbocycles. The summed E-state index contributed by atoms with van der Waals surface area (Å²) in [4.78, 5) is 29.0. The molecule has 4 rings (SSSR count). The van der Waals surface area contributed by atoms with Crippen molar-refractivity contribution < 1.29 is 19.1 Å². The van der Waals surface area contributed by atoms with Gasteiger partial charge in [0.15, 0.2) is 0 Å². The summed E-state index contributed by atoms with van der Waals surface area (Å²) in [5, 5.41) is 4.98. The molecule has 1 atom stereocenters. The Morgan fingerprint density at radius 3 is 2.47 bits per heavy atom. The highest BCUT2D eigenvalue weighted by atomic mass is 32.2. The van der Waals surface area contributed by atoms with E-state index in [0.717, 1.165) is 27.9 Å². The first-order valence-corrected chi connectivity index (χ1v) is 12.4. The molecule has 1 N–H and O–H groups in total. The minimum absolute atomic E-state index is 0.149. The number of anilines is 1. The van der Waals surface area contributed by atoms with E-state index in [0.29, 0.717) is 29.6 Å². The van der Waals surface area contributed by atoms with Gasteiger partial charge in [-0.3, -0.25) is 14.5 Å². The van der Waals surface area contributed by atoms with Crippen LogP contribution in [0, 0.1) is 5.92 Å². The number of methoxy groups -OCH3 is 2. The van der Waals surface area contributed by atoms with Crippen LogP contribution in [-0.4, -0.2) is 42.9 Å². The highest BCUT2D eigenvalue weighted by Crippen LogP contribution is 2.44. The number of benzene rings is 2. The minimum atomic E-state index is -0.826. The standard InChI is InChI=1S/C26H31N3O4S/c1-16(2)10-11-27-25(31)24-23-20-8-6-7-9-21(20)28(3)26(23)34-15-22(30)29(24)17-12-18(32-4)14-19(13-17)33-5/h6-9,12-14,16,24H,10-11,15H2,1-5H3,(H,27,31)/t24-/m0/s1. The van der Waals surface area contributed by atoms with Gasteiger partial charge in [-0.2, -0.15) is 0 Å². The van der Waals surface area contributed by atoms with Crippen LogP contribution in [0.1, 0.15) is 31.9 Å². The van der Waals surface area contributed by atoms with E-state index in [-0.39, 0.29) is 17.6 Å². The summed E-state index contributed by atoms with van der Waals surface area (Å²) in [5.41, 5.74) is 2.43. The average molecular weight is 482 g/mol. The Morgan fingerprint density at radius 1 is 1.15 bits per heavy atom. The summed E-state index contributed by atoms with van der Waals surface area (Å²) in [6.07, 6.45) is 0.858. The van der Waals surface area contributed by atoms with Crippen LogP contribution in [-0.2, 0) is 16.6 Å². The van der Waals surface area contributed by atoms with Gasteiger partial charge in [0.25, 0.3) is 0 Å². The van der Waals surface area contributed by atoms with Gasteiger partial charge in [0, 0.05) is 48.3 Å². The number of aromatic nitrogens is 1. The number of aryl methyl sites for hydroxylation is 1. The Bertz CT molecular complexity index is 1200. The summed E-state index contributed by atoms with van der Waals surface area (Å²) in [7, 11) is 5.12. The molecule has 0 unspecified atom stereocenters. The zero-order valence-electron chi connectivity index (χ0n) is 20.3. The molecule has 0 radical (unpaired) electrons. The third kappa shape index (κ3) is 4.46. The Balaban J connectivity index is 1.91. The topological polar surface area (TPSA) is 72.8 Å². The Morgan fingerprint density at radius 2 is 1.82 bits per heavy atom. The molecule has 180 valence electrons. The number of fused-ring (bicyclic) bond motifs is 3. The maximum atomic E-state index is 13.8. The number of hydrogen-bond acceptors (Lipinski definition) is 5. The SMILES string of the molecule is COc1cc(OC)cc(N2C(=O)CSc3c(c4ccccc4n3C)[C@H]2C(=O)NCCC(C)C)c1. The predicted molar refractivity (Wildman–Crippen MR) is 136 cm³/mol. The number of rotatable bonds is 7. The second-order valence-corrected chi connectivity index (χ2v) is 9.76. The fourth-order valence-corrected chi connectivity index (χ4v) is 5.43. The van der Waals surface area contributed by atoms with E-state index >= 15 is 0 Å². The normalized spacial score (nSPS) is 15.9. The van der Waals surface area contributed by atoms with Crippen molar-refractivity contribution in [3.63, 3.8) is 0 Å². The summed E-state index contributed by atoms with van der Waals surface area (Å²) in [6.45, 7) is 4.79. The molecular weight excluding hydrogens is 450 g/mol. The Labute approximate surface area is 204 Å². The number of carbonyl (C=O) groups excluding carboxylic acids is 2. The summed E-state index contributed by atoms with van der Waals surface area (Å²) < 4.78 is 13.0. The summed E-state index contributed by atoms with van der Waals surface area (Å²) in [6, 6.07) is 12.5. The highest BCUT2D eigenvalue weighted by Gasteiger charge is 2.40. The molecule has 2 heterocycles. The van der Waals surface area contributed by atoms with Crippen molar-refractivity contribution in [1.82, 2.24) is 9.88 Å². The number of amides is 2. The number of carbonyl (C=O) groups is 2. The molecule has 2 amide bonds. The number of para-hydroxylation sites is 1. The number of ether oxygens (including phenoxy) is 2. The van der Waals surface area contributed by atoms with E-state index in [2.05, 4.69) is 23.7 Å².